The molecule has 0 bridgehead atoms. The van der Waals surface area contributed by atoms with Gasteiger partial charge in [-0.15, -0.1) is 0 Å². The van der Waals surface area contributed by atoms with E-state index < -0.39 is 5.97 Å². The molecular weight excluding hydrogens is 370 g/mol. The molecule has 0 radical (unpaired) electrons. The lowest BCUT2D eigenvalue weighted by atomic mass is 10.2. The second kappa shape index (κ2) is 9.24. The molecule has 3 rings (SSSR count). The van der Waals surface area contributed by atoms with Gasteiger partial charge in [0.05, 0.1) is 5.56 Å². The molecule has 4 nitrogen and oxygen atoms in total. The summed E-state index contributed by atoms with van der Waals surface area (Å²) < 4.78 is 5.03. The van der Waals surface area contributed by atoms with Crippen LogP contribution in [0.5, 0.6) is 0 Å². The van der Waals surface area contributed by atoms with Crippen LogP contribution in [0.1, 0.15) is 21.5 Å². The minimum atomic E-state index is -0.518. The van der Waals surface area contributed by atoms with E-state index in [-0.39, 0.29) is 12.5 Å². The van der Waals surface area contributed by atoms with Gasteiger partial charge in [-0.05, 0) is 67.4 Å². The Labute approximate surface area is 168 Å². The molecule has 0 unspecified atom stereocenters. The van der Waals surface area contributed by atoms with Gasteiger partial charge in [0.15, 0.2) is 6.61 Å². The molecule has 0 heterocycles. The number of benzene rings is 3. The highest BCUT2D eigenvalue weighted by atomic mass is 32.2. The minimum Gasteiger partial charge on any atom is -0.452 e. The van der Waals surface area contributed by atoms with E-state index in [1.807, 2.05) is 30.3 Å². The lowest BCUT2D eigenvalue weighted by molar-refractivity contribution is -0.119. The summed E-state index contributed by atoms with van der Waals surface area (Å²) in [5, 5.41) is 2.73. The lowest BCUT2D eigenvalue weighted by Gasteiger charge is -2.09. The van der Waals surface area contributed by atoms with Gasteiger partial charge in [-0.2, -0.15) is 0 Å². The quantitative estimate of drug-likeness (QED) is 0.583. The molecule has 142 valence electrons. The first-order valence-electron chi connectivity index (χ1n) is 8.88. The summed E-state index contributed by atoms with van der Waals surface area (Å²) in [7, 11) is 0. The van der Waals surface area contributed by atoms with Crippen LogP contribution in [0.2, 0.25) is 0 Å². The maximum Gasteiger partial charge on any atom is 0.338 e. The summed E-state index contributed by atoms with van der Waals surface area (Å²) in [6.07, 6.45) is 0. The number of esters is 1. The number of hydrogen-bond donors (Lipinski definition) is 1. The van der Waals surface area contributed by atoms with Gasteiger partial charge >= 0.3 is 5.97 Å². The molecule has 0 spiro atoms. The molecular formula is C23H21NO3S. The molecule has 0 aliphatic heterocycles. The number of anilines is 1. The summed E-state index contributed by atoms with van der Waals surface area (Å²) >= 11 is 1.69. The van der Waals surface area contributed by atoms with E-state index in [4.69, 9.17) is 4.74 Å². The molecule has 0 saturated heterocycles. The van der Waals surface area contributed by atoms with E-state index in [2.05, 4.69) is 37.4 Å². The Balaban J connectivity index is 1.53. The minimum absolute atomic E-state index is 0.327. The topological polar surface area (TPSA) is 55.4 Å². The van der Waals surface area contributed by atoms with Crippen molar-refractivity contribution in [3.05, 3.63) is 89.5 Å². The average Bonchev–Trinajstić information content (AvgIpc) is 2.71. The Hall–Kier alpha value is -3.05. The summed E-state index contributed by atoms with van der Waals surface area (Å²) in [6, 6.07) is 22.6. The van der Waals surface area contributed by atoms with Gasteiger partial charge in [0.25, 0.3) is 5.91 Å². The Bertz CT molecular complexity index is 969. The Morgan fingerprint density at radius 3 is 2.36 bits per heavy atom. The number of aryl methyl sites for hydroxylation is 2. The van der Waals surface area contributed by atoms with Crippen molar-refractivity contribution in [2.45, 2.75) is 23.6 Å². The van der Waals surface area contributed by atoms with E-state index in [0.29, 0.717) is 11.3 Å². The third-order valence-corrected chi connectivity index (χ3v) is 5.22. The van der Waals surface area contributed by atoms with Crippen LogP contribution < -0.4 is 5.32 Å². The van der Waals surface area contributed by atoms with E-state index in [1.165, 1.54) is 16.0 Å². The number of hydrogen-bond acceptors (Lipinski definition) is 4. The average molecular weight is 391 g/mol. The molecule has 28 heavy (non-hydrogen) atoms. The van der Waals surface area contributed by atoms with E-state index >= 15 is 0 Å². The van der Waals surface area contributed by atoms with Crippen molar-refractivity contribution in [1.29, 1.82) is 0 Å². The number of rotatable bonds is 6. The molecule has 0 aromatic heterocycles. The van der Waals surface area contributed by atoms with Crippen LogP contribution in [-0.4, -0.2) is 18.5 Å². The molecule has 0 aliphatic rings. The second-order valence-corrected chi connectivity index (χ2v) is 7.50. The summed E-state index contributed by atoms with van der Waals surface area (Å²) in [4.78, 5) is 26.2. The highest BCUT2D eigenvalue weighted by Crippen LogP contribution is 2.31. The first-order chi connectivity index (χ1) is 13.5. The number of carbonyl (C=O) groups is 2. The monoisotopic (exact) mass is 391 g/mol. The standard InChI is InChI=1S/C23H21NO3S/c1-16-8-9-17(2)21(14-16)28-20-12-10-19(11-13-20)24-22(25)15-27-23(26)18-6-4-3-5-7-18/h3-14H,15H2,1-2H3,(H,24,25). The number of amides is 1. The fraction of sp³-hybridized carbons (Fsp3) is 0.130. The van der Waals surface area contributed by atoms with E-state index in [9.17, 15) is 9.59 Å². The molecule has 0 saturated carbocycles. The van der Waals surface area contributed by atoms with Crippen LogP contribution in [0.4, 0.5) is 5.69 Å². The highest BCUT2D eigenvalue weighted by molar-refractivity contribution is 7.99. The third-order valence-electron chi connectivity index (χ3n) is 4.05. The number of nitrogens with one attached hydrogen (secondary N) is 1. The van der Waals surface area contributed by atoms with Crippen LogP contribution in [0.15, 0.2) is 82.6 Å². The van der Waals surface area contributed by atoms with Crippen molar-refractivity contribution < 1.29 is 14.3 Å². The Morgan fingerprint density at radius 1 is 0.929 bits per heavy atom. The van der Waals surface area contributed by atoms with Gasteiger partial charge in [0.1, 0.15) is 0 Å². The third kappa shape index (κ3) is 5.47. The fourth-order valence-electron chi connectivity index (χ4n) is 2.54. The molecule has 0 fully saturated rings. The largest absolute Gasteiger partial charge is 0.452 e. The normalized spacial score (nSPS) is 10.4. The van der Waals surface area contributed by atoms with Crippen LogP contribution in [0, 0.1) is 13.8 Å². The number of ether oxygens (including phenoxy) is 1. The molecule has 0 atom stereocenters. The summed E-state index contributed by atoms with van der Waals surface area (Å²) in [5.74, 6) is -0.893. The van der Waals surface area contributed by atoms with Crippen molar-refractivity contribution in [2.24, 2.45) is 0 Å². The van der Waals surface area contributed by atoms with Crippen LogP contribution in [-0.2, 0) is 9.53 Å². The van der Waals surface area contributed by atoms with Crippen LogP contribution in [0.3, 0.4) is 0 Å². The van der Waals surface area contributed by atoms with E-state index in [0.717, 1.165) is 4.90 Å². The van der Waals surface area contributed by atoms with Gasteiger partial charge in [-0.3, -0.25) is 4.79 Å². The van der Waals surface area contributed by atoms with Gasteiger partial charge in [0.2, 0.25) is 0 Å². The number of carbonyl (C=O) groups excluding carboxylic acids is 2. The zero-order chi connectivity index (χ0) is 19.9. The van der Waals surface area contributed by atoms with Gasteiger partial charge in [-0.25, -0.2) is 4.79 Å². The molecule has 1 N–H and O–H groups in total. The summed E-state index contributed by atoms with van der Waals surface area (Å²) in [6.45, 7) is 3.84. The lowest BCUT2D eigenvalue weighted by Crippen LogP contribution is -2.20. The molecule has 1 amide bonds. The fourth-order valence-corrected chi connectivity index (χ4v) is 3.54. The molecule has 0 aliphatic carbocycles. The first kappa shape index (κ1) is 19.7. The SMILES string of the molecule is Cc1ccc(C)c(Sc2ccc(NC(=O)COC(=O)c3ccccc3)cc2)c1. The van der Waals surface area contributed by atoms with Crippen molar-refractivity contribution in [3.8, 4) is 0 Å². The second-order valence-electron chi connectivity index (χ2n) is 6.39. The van der Waals surface area contributed by atoms with E-state index in [1.54, 1.807) is 36.0 Å². The maximum absolute atomic E-state index is 12.0. The van der Waals surface area contributed by atoms with Gasteiger partial charge in [0, 0.05) is 15.5 Å². The van der Waals surface area contributed by atoms with Crippen LogP contribution >= 0.6 is 11.8 Å². The van der Waals surface area contributed by atoms with Crippen molar-refractivity contribution >= 4 is 29.3 Å². The molecule has 3 aromatic rings. The van der Waals surface area contributed by atoms with Crippen LogP contribution in [0.25, 0.3) is 0 Å². The van der Waals surface area contributed by atoms with Crippen molar-refractivity contribution in [1.82, 2.24) is 0 Å². The molecule has 5 heteroatoms. The zero-order valence-electron chi connectivity index (χ0n) is 15.8. The Kier molecular flexibility index (Phi) is 6.50. The zero-order valence-corrected chi connectivity index (χ0v) is 16.6. The van der Waals surface area contributed by atoms with Crippen molar-refractivity contribution in [3.63, 3.8) is 0 Å². The van der Waals surface area contributed by atoms with Gasteiger partial charge < -0.3 is 10.1 Å². The summed E-state index contributed by atoms with van der Waals surface area (Å²) in [5.41, 5.74) is 3.53. The predicted octanol–water partition coefficient (Wildman–Crippen LogP) is 5.25. The smallest absolute Gasteiger partial charge is 0.338 e. The van der Waals surface area contributed by atoms with Gasteiger partial charge in [-0.1, -0.05) is 42.1 Å². The maximum atomic E-state index is 12.0. The molecule has 3 aromatic carbocycles. The predicted molar refractivity (Wildman–Crippen MR) is 112 cm³/mol. The first-order valence-corrected chi connectivity index (χ1v) is 9.70. The highest BCUT2D eigenvalue weighted by Gasteiger charge is 2.10. The Morgan fingerprint density at radius 2 is 1.64 bits per heavy atom. The van der Waals surface area contributed by atoms with Crippen molar-refractivity contribution in [2.75, 3.05) is 11.9 Å².